The van der Waals surface area contributed by atoms with Crippen molar-refractivity contribution in [3.05, 3.63) is 59.7 Å². The molecule has 0 N–H and O–H groups in total. The van der Waals surface area contributed by atoms with Crippen LogP contribution in [-0.4, -0.2) is 0 Å². The van der Waals surface area contributed by atoms with Crippen molar-refractivity contribution in [1.82, 2.24) is 0 Å². The molecule has 2 aromatic carbocycles. The van der Waals surface area contributed by atoms with Gasteiger partial charge in [0, 0.05) is 0 Å². The fraction of sp³-hybridized carbons (Fsp3) is 0.667. The molecule has 0 atom stereocenters. The first-order valence-electron chi connectivity index (χ1n) is 16.2. The first kappa shape index (κ1) is 31.5. The summed E-state index contributed by atoms with van der Waals surface area (Å²) in [7, 11) is 0. The van der Waals surface area contributed by atoms with Crippen molar-refractivity contribution in [1.29, 1.82) is 0 Å². The number of benzene rings is 2. The average Bonchev–Trinajstić information content (AvgIpc) is 2.92. The van der Waals surface area contributed by atoms with E-state index in [2.05, 4.69) is 62.4 Å². The van der Waals surface area contributed by atoms with Gasteiger partial charge in [-0.25, -0.2) is 0 Å². The van der Waals surface area contributed by atoms with E-state index in [1.54, 1.807) is 0 Å². The predicted molar refractivity (Wildman–Crippen MR) is 164 cm³/mol. The second-order valence-electron chi connectivity index (χ2n) is 11.2. The standard InChI is InChI=1S/C36H58O/c1-3-5-7-9-11-13-15-17-19-21-27-33-29-23-25-31-35(33)37-36-32-26-24-30-34(36)28-22-20-18-16-14-12-10-8-6-4-2/h23-26,29-32H,3-22,27-28H2,1-2H3. The Hall–Kier alpha value is -1.76. The SMILES string of the molecule is CCCCCCCCCCCCc1ccccc1Oc1ccccc1CCCCCCCCCCCC. The normalized spacial score (nSPS) is 11.2. The summed E-state index contributed by atoms with van der Waals surface area (Å²) in [6.45, 7) is 4.59. The second kappa shape index (κ2) is 22.2. The molecule has 0 aliphatic carbocycles. The van der Waals surface area contributed by atoms with Crippen LogP contribution < -0.4 is 4.74 Å². The lowest BCUT2D eigenvalue weighted by Crippen LogP contribution is -1.96. The summed E-state index contributed by atoms with van der Waals surface area (Å²) in [5.41, 5.74) is 2.71. The summed E-state index contributed by atoms with van der Waals surface area (Å²) in [5.74, 6) is 2.10. The number of hydrogen-bond donors (Lipinski definition) is 0. The molecule has 1 heteroatoms. The van der Waals surface area contributed by atoms with Crippen molar-refractivity contribution in [2.75, 3.05) is 0 Å². The van der Waals surface area contributed by atoms with Gasteiger partial charge in [0.15, 0.2) is 0 Å². The van der Waals surface area contributed by atoms with Gasteiger partial charge in [-0.3, -0.25) is 0 Å². The number of rotatable bonds is 24. The minimum absolute atomic E-state index is 1.05. The fourth-order valence-electron chi connectivity index (χ4n) is 5.34. The van der Waals surface area contributed by atoms with Crippen molar-refractivity contribution in [2.24, 2.45) is 0 Å². The Morgan fingerprint density at radius 3 is 1.03 bits per heavy atom. The van der Waals surface area contributed by atoms with Crippen LogP contribution in [0.3, 0.4) is 0 Å². The molecule has 0 radical (unpaired) electrons. The van der Waals surface area contributed by atoms with Gasteiger partial charge >= 0.3 is 0 Å². The molecule has 0 aliphatic heterocycles. The second-order valence-corrected chi connectivity index (χ2v) is 11.2. The van der Waals surface area contributed by atoms with Gasteiger partial charge in [0.25, 0.3) is 0 Å². The van der Waals surface area contributed by atoms with E-state index in [0.29, 0.717) is 0 Å². The largest absolute Gasteiger partial charge is 0.457 e. The maximum absolute atomic E-state index is 6.53. The smallest absolute Gasteiger partial charge is 0.130 e. The molecule has 0 aliphatic rings. The van der Waals surface area contributed by atoms with E-state index < -0.39 is 0 Å². The topological polar surface area (TPSA) is 9.23 Å². The predicted octanol–water partition coefficient (Wildman–Crippen LogP) is 12.4. The van der Waals surface area contributed by atoms with Crippen molar-refractivity contribution >= 4 is 0 Å². The van der Waals surface area contributed by atoms with Gasteiger partial charge in [-0.2, -0.15) is 0 Å². The van der Waals surface area contributed by atoms with E-state index >= 15 is 0 Å². The first-order chi connectivity index (χ1) is 18.3. The zero-order chi connectivity index (χ0) is 26.2. The summed E-state index contributed by atoms with van der Waals surface area (Å²) >= 11 is 0. The molecule has 0 saturated heterocycles. The zero-order valence-corrected chi connectivity index (χ0v) is 24.6. The molecule has 37 heavy (non-hydrogen) atoms. The maximum Gasteiger partial charge on any atom is 0.130 e. The molecule has 2 aromatic rings. The Kier molecular flexibility index (Phi) is 18.9. The minimum atomic E-state index is 1.05. The Morgan fingerprint density at radius 2 is 0.676 bits per heavy atom. The first-order valence-corrected chi connectivity index (χ1v) is 16.2. The van der Waals surface area contributed by atoms with Gasteiger partial charge in [0.1, 0.15) is 11.5 Å². The molecule has 0 aromatic heterocycles. The van der Waals surface area contributed by atoms with Crippen molar-refractivity contribution in [3.8, 4) is 11.5 Å². The third-order valence-corrected chi connectivity index (χ3v) is 7.76. The number of hydrogen-bond acceptors (Lipinski definition) is 1. The highest BCUT2D eigenvalue weighted by Crippen LogP contribution is 2.30. The van der Waals surface area contributed by atoms with E-state index in [0.717, 1.165) is 24.3 Å². The number of unbranched alkanes of at least 4 members (excludes halogenated alkanes) is 18. The highest BCUT2D eigenvalue weighted by Gasteiger charge is 2.08. The number of para-hydroxylation sites is 2. The van der Waals surface area contributed by atoms with E-state index in [-0.39, 0.29) is 0 Å². The van der Waals surface area contributed by atoms with Gasteiger partial charge in [-0.15, -0.1) is 0 Å². The molecule has 0 heterocycles. The van der Waals surface area contributed by atoms with E-state index in [1.165, 1.54) is 140 Å². The summed E-state index contributed by atoms with van der Waals surface area (Å²) in [6, 6.07) is 17.4. The average molecular weight is 507 g/mol. The van der Waals surface area contributed by atoms with Crippen molar-refractivity contribution in [3.63, 3.8) is 0 Å². The molecule has 0 unspecified atom stereocenters. The molecule has 2 rings (SSSR count). The molecule has 0 amide bonds. The molecule has 0 bridgehead atoms. The molecule has 0 fully saturated rings. The van der Waals surface area contributed by atoms with Crippen LogP contribution in [0.15, 0.2) is 48.5 Å². The Morgan fingerprint density at radius 1 is 0.378 bits per heavy atom. The molecule has 0 spiro atoms. The van der Waals surface area contributed by atoms with Crippen molar-refractivity contribution in [2.45, 2.75) is 155 Å². The number of ether oxygens (including phenoxy) is 1. The molecular weight excluding hydrogens is 448 g/mol. The van der Waals surface area contributed by atoms with Gasteiger partial charge < -0.3 is 4.74 Å². The monoisotopic (exact) mass is 506 g/mol. The molecule has 1 nitrogen and oxygen atoms in total. The lowest BCUT2D eigenvalue weighted by Gasteiger charge is -2.14. The molecule has 208 valence electrons. The Balaban J connectivity index is 1.67. The van der Waals surface area contributed by atoms with Crippen LogP contribution in [0.2, 0.25) is 0 Å². The van der Waals surface area contributed by atoms with Crippen LogP contribution in [0.25, 0.3) is 0 Å². The third kappa shape index (κ3) is 15.3. The zero-order valence-electron chi connectivity index (χ0n) is 24.6. The van der Waals surface area contributed by atoms with Gasteiger partial charge in [0.05, 0.1) is 0 Å². The van der Waals surface area contributed by atoms with Gasteiger partial charge in [-0.05, 0) is 48.9 Å². The highest BCUT2D eigenvalue weighted by atomic mass is 16.5. The Bertz CT molecular complexity index is 714. The lowest BCUT2D eigenvalue weighted by atomic mass is 10.0. The minimum Gasteiger partial charge on any atom is -0.457 e. The van der Waals surface area contributed by atoms with E-state index in [1.807, 2.05) is 0 Å². The van der Waals surface area contributed by atoms with Crippen molar-refractivity contribution < 1.29 is 4.74 Å². The van der Waals surface area contributed by atoms with Gasteiger partial charge in [0.2, 0.25) is 0 Å². The van der Waals surface area contributed by atoms with Crippen LogP contribution in [0.4, 0.5) is 0 Å². The number of aryl methyl sites for hydroxylation is 2. The van der Waals surface area contributed by atoms with Crippen LogP contribution in [0.5, 0.6) is 11.5 Å². The van der Waals surface area contributed by atoms with Crippen LogP contribution >= 0.6 is 0 Å². The summed E-state index contributed by atoms with van der Waals surface area (Å²) in [6.07, 6.45) is 29.9. The van der Waals surface area contributed by atoms with Crippen LogP contribution in [0, 0.1) is 0 Å². The molecular formula is C36H58O. The van der Waals surface area contributed by atoms with Crippen LogP contribution in [0.1, 0.15) is 153 Å². The molecule has 0 saturated carbocycles. The highest BCUT2D eigenvalue weighted by molar-refractivity contribution is 5.41. The van der Waals surface area contributed by atoms with E-state index in [9.17, 15) is 0 Å². The fourth-order valence-corrected chi connectivity index (χ4v) is 5.34. The Labute approximate surface area is 230 Å². The summed E-state index contributed by atoms with van der Waals surface area (Å²) in [4.78, 5) is 0. The van der Waals surface area contributed by atoms with E-state index in [4.69, 9.17) is 4.74 Å². The maximum atomic E-state index is 6.53. The summed E-state index contributed by atoms with van der Waals surface area (Å²) in [5, 5.41) is 0. The quantitative estimate of drug-likeness (QED) is 0.129. The summed E-state index contributed by atoms with van der Waals surface area (Å²) < 4.78 is 6.53. The lowest BCUT2D eigenvalue weighted by molar-refractivity contribution is 0.466. The van der Waals surface area contributed by atoms with Crippen LogP contribution in [-0.2, 0) is 12.8 Å². The third-order valence-electron chi connectivity index (χ3n) is 7.76. The van der Waals surface area contributed by atoms with Gasteiger partial charge in [-0.1, -0.05) is 166 Å².